The molecule has 3 atom stereocenters. The van der Waals surface area contributed by atoms with Gasteiger partial charge in [-0.1, -0.05) is 6.42 Å². The molecule has 2 aromatic heterocycles. The van der Waals surface area contributed by atoms with Gasteiger partial charge < -0.3 is 14.6 Å². The summed E-state index contributed by atoms with van der Waals surface area (Å²) >= 11 is 0. The van der Waals surface area contributed by atoms with Gasteiger partial charge in [0, 0.05) is 61.4 Å². The molecule has 4 aliphatic rings. The number of hydrogen-bond donors (Lipinski definition) is 2. The number of ether oxygens (including phenoxy) is 1. The monoisotopic (exact) mass is 513 g/mol. The average molecular weight is 514 g/mol. The molecule has 5 heterocycles. The molecule has 3 fully saturated rings. The maximum absolute atomic E-state index is 13.0. The van der Waals surface area contributed by atoms with E-state index in [2.05, 4.69) is 32.3 Å². The van der Waals surface area contributed by atoms with Crippen molar-refractivity contribution < 1.29 is 19.1 Å². The number of piperidine rings is 1. The second-order valence-corrected chi connectivity index (χ2v) is 11.0. The number of likely N-dealkylation sites (tertiary alicyclic amines) is 1. The highest BCUT2D eigenvalue weighted by atomic mass is 16.5. The number of amides is 3. The predicted octanol–water partition coefficient (Wildman–Crippen LogP) is 3.11. The van der Waals surface area contributed by atoms with E-state index in [1.54, 1.807) is 4.90 Å². The molecule has 0 bridgehead atoms. The molecule has 1 saturated carbocycles. The van der Waals surface area contributed by atoms with Crippen LogP contribution in [0, 0.1) is 0 Å². The molecular weight excluding hydrogens is 482 g/mol. The van der Waals surface area contributed by atoms with Crippen molar-refractivity contribution in [1.29, 1.82) is 0 Å². The number of carbonyl (C=O) groups excluding carboxylic acids is 3. The number of pyridine rings is 1. The van der Waals surface area contributed by atoms with Crippen molar-refractivity contribution in [3.63, 3.8) is 0 Å². The van der Waals surface area contributed by atoms with Crippen molar-refractivity contribution in [2.45, 2.75) is 69.2 Å². The maximum atomic E-state index is 13.0. The van der Waals surface area contributed by atoms with Crippen LogP contribution in [0.25, 0.3) is 11.0 Å². The molecule has 38 heavy (non-hydrogen) atoms. The zero-order valence-electron chi connectivity index (χ0n) is 21.2. The van der Waals surface area contributed by atoms with Gasteiger partial charge in [-0.05, 0) is 67.1 Å². The summed E-state index contributed by atoms with van der Waals surface area (Å²) in [5, 5.41) is 3.58. The highest BCUT2D eigenvalue weighted by molar-refractivity contribution is 6.05. The molecule has 3 amide bonds. The van der Waals surface area contributed by atoms with E-state index in [0.717, 1.165) is 49.3 Å². The maximum Gasteiger partial charge on any atom is 0.255 e. The molecule has 9 nitrogen and oxygen atoms in total. The lowest BCUT2D eigenvalue weighted by Crippen LogP contribution is -2.57. The van der Waals surface area contributed by atoms with E-state index >= 15 is 0 Å². The number of H-pyrrole nitrogens is 1. The molecule has 3 aromatic rings. The Kier molecular flexibility index (Phi) is 5.69. The Morgan fingerprint density at radius 2 is 1.87 bits per heavy atom. The first-order valence-corrected chi connectivity index (χ1v) is 13.7. The number of imide groups is 1. The number of hydrogen-bond acceptors (Lipinski definition) is 6. The zero-order chi connectivity index (χ0) is 25.8. The number of benzene rings is 1. The van der Waals surface area contributed by atoms with Crippen LogP contribution in [-0.4, -0.2) is 68.8 Å². The minimum atomic E-state index is -0.605. The third kappa shape index (κ3) is 3.96. The molecular formula is C29H31N5O4. The van der Waals surface area contributed by atoms with Crippen LogP contribution in [0.5, 0.6) is 5.75 Å². The first kappa shape index (κ1) is 23.4. The normalized spacial score (nSPS) is 26.4. The van der Waals surface area contributed by atoms with Gasteiger partial charge in [-0.15, -0.1) is 0 Å². The van der Waals surface area contributed by atoms with Crippen LogP contribution >= 0.6 is 0 Å². The van der Waals surface area contributed by atoms with Crippen molar-refractivity contribution in [3.05, 3.63) is 59.4 Å². The Balaban J connectivity index is 1.03. The van der Waals surface area contributed by atoms with Gasteiger partial charge in [0.15, 0.2) is 0 Å². The summed E-state index contributed by atoms with van der Waals surface area (Å²) in [7, 11) is 0. The second-order valence-electron chi connectivity index (χ2n) is 11.0. The van der Waals surface area contributed by atoms with E-state index in [0.29, 0.717) is 30.5 Å². The Morgan fingerprint density at radius 3 is 2.74 bits per heavy atom. The van der Waals surface area contributed by atoms with Crippen LogP contribution in [0.4, 0.5) is 0 Å². The molecule has 0 spiro atoms. The van der Waals surface area contributed by atoms with Crippen LogP contribution in [0.3, 0.4) is 0 Å². The van der Waals surface area contributed by atoms with Gasteiger partial charge in [0.05, 0.1) is 0 Å². The molecule has 7 rings (SSSR count). The molecule has 9 heteroatoms. The summed E-state index contributed by atoms with van der Waals surface area (Å²) in [6.45, 7) is 2.40. The van der Waals surface area contributed by atoms with Gasteiger partial charge in [0.1, 0.15) is 23.5 Å². The first-order valence-electron chi connectivity index (χ1n) is 13.7. The Morgan fingerprint density at radius 1 is 1.00 bits per heavy atom. The van der Waals surface area contributed by atoms with E-state index in [1.807, 2.05) is 30.6 Å². The summed E-state index contributed by atoms with van der Waals surface area (Å²) in [6.07, 6.45) is 9.08. The van der Waals surface area contributed by atoms with Gasteiger partial charge in [-0.3, -0.25) is 24.6 Å². The van der Waals surface area contributed by atoms with Gasteiger partial charge in [-0.2, -0.15) is 0 Å². The van der Waals surface area contributed by atoms with Crippen LogP contribution < -0.4 is 10.1 Å². The fourth-order valence-corrected chi connectivity index (χ4v) is 6.75. The molecule has 1 aromatic carbocycles. The summed E-state index contributed by atoms with van der Waals surface area (Å²) in [4.78, 5) is 48.7. The number of nitrogens with one attached hydrogen (secondary N) is 2. The summed E-state index contributed by atoms with van der Waals surface area (Å²) in [6, 6.07) is 9.70. The van der Waals surface area contributed by atoms with Crippen molar-refractivity contribution in [2.24, 2.45) is 0 Å². The second kappa shape index (κ2) is 9.23. The molecule has 3 unspecified atom stereocenters. The molecule has 1 aliphatic carbocycles. The lowest BCUT2D eigenvalue weighted by Gasteiger charge is -2.48. The van der Waals surface area contributed by atoms with Gasteiger partial charge >= 0.3 is 0 Å². The van der Waals surface area contributed by atoms with Gasteiger partial charge in [0.2, 0.25) is 11.8 Å². The van der Waals surface area contributed by atoms with Crippen LogP contribution in [0.2, 0.25) is 0 Å². The third-order valence-electron chi connectivity index (χ3n) is 8.76. The van der Waals surface area contributed by atoms with E-state index in [1.165, 1.54) is 17.4 Å². The van der Waals surface area contributed by atoms with Crippen molar-refractivity contribution in [2.75, 3.05) is 13.1 Å². The molecule has 0 radical (unpaired) electrons. The van der Waals surface area contributed by atoms with Crippen LogP contribution in [0.15, 0.2) is 42.7 Å². The Hall–Kier alpha value is -3.72. The van der Waals surface area contributed by atoms with Gasteiger partial charge in [0.25, 0.3) is 5.91 Å². The third-order valence-corrected chi connectivity index (χ3v) is 8.76. The SMILES string of the molecule is O=C1CCC(N2Cc3cc(OC4CCCCC4N4CC(c5ccnc6[nH]ccc56)C4)ccc3C2=O)C(=O)N1. The lowest BCUT2D eigenvalue weighted by atomic mass is 9.84. The summed E-state index contributed by atoms with van der Waals surface area (Å²) in [5.41, 5.74) is 3.80. The highest BCUT2D eigenvalue weighted by Gasteiger charge is 2.41. The van der Waals surface area contributed by atoms with E-state index in [9.17, 15) is 14.4 Å². The van der Waals surface area contributed by atoms with E-state index in [4.69, 9.17) is 4.74 Å². The molecule has 3 aliphatic heterocycles. The summed E-state index contributed by atoms with van der Waals surface area (Å²) < 4.78 is 6.59. The van der Waals surface area contributed by atoms with E-state index < -0.39 is 6.04 Å². The topological polar surface area (TPSA) is 108 Å². The molecule has 2 saturated heterocycles. The zero-order valence-corrected chi connectivity index (χ0v) is 21.2. The number of aromatic amines is 1. The number of carbonyl (C=O) groups is 3. The van der Waals surface area contributed by atoms with Crippen molar-refractivity contribution >= 4 is 28.8 Å². The Labute approximate surface area is 220 Å². The number of rotatable bonds is 5. The van der Waals surface area contributed by atoms with Gasteiger partial charge in [-0.25, -0.2) is 4.98 Å². The molecule has 2 N–H and O–H groups in total. The lowest BCUT2D eigenvalue weighted by molar-refractivity contribution is -0.136. The highest BCUT2D eigenvalue weighted by Crippen LogP contribution is 2.38. The van der Waals surface area contributed by atoms with E-state index in [-0.39, 0.29) is 30.2 Å². The number of fused-ring (bicyclic) bond motifs is 2. The minimum Gasteiger partial charge on any atom is -0.489 e. The van der Waals surface area contributed by atoms with Crippen molar-refractivity contribution in [3.8, 4) is 5.75 Å². The van der Waals surface area contributed by atoms with Crippen LogP contribution in [0.1, 0.15) is 65.9 Å². The minimum absolute atomic E-state index is 0.107. The fraction of sp³-hybridized carbons (Fsp3) is 0.448. The van der Waals surface area contributed by atoms with Crippen LogP contribution in [-0.2, 0) is 16.1 Å². The predicted molar refractivity (Wildman–Crippen MR) is 140 cm³/mol. The smallest absolute Gasteiger partial charge is 0.255 e. The van der Waals surface area contributed by atoms with Crippen molar-refractivity contribution in [1.82, 2.24) is 25.1 Å². The largest absolute Gasteiger partial charge is 0.489 e. The number of nitrogens with zero attached hydrogens (tertiary/aromatic N) is 3. The quantitative estimate of drug-likeness (QED) is 0.508. The molecule has 196 valence electrons. The average Bonchev–Trinajstić information content (AvgIpc) is 3.49. The number of aromatic nitrogens is 2. The fourth-order valence-electron chi connectivity index (χ4n) is 6.75. The summed E-state index contributed by atoms with van der Waals surface area (Å²) in [5.74, 6) is 0.457. The standard InChI is InChI=1S/C29H31N5O4/c35-26-8-7-24(28(36)32-26)34-16-17-13-19(5-6-21(17)29(34)37)38-25-4-2-1-3-23(25)33-14-18(15-33)20-9-11-30-27-22(20)10-12-31-27/h5-6,9-13,18,23-25H,1-4,7-8,14-16H2,(H,30,31)(H,32,35,36). The Bertz CT molecular complexity index is 1430. The first-order chi connectivity index (χ1) is 18.5.